The Hall–Kier alpha value is -0.0300. The van der Waals surface area contributed by atoms with Gasteiger partial charge in [0.25, 0.3) is 0 Å². The number of rotatable bonds is 4. The van der Waals surface area contributed by atoms with E-state index in [-0.39, 0.29) is 37.3 Å². The van der Waals surface area contributed by atoms with Crippen molar-refractivity contribution in [1.29, 1.82) is 0 Å². The van der Waals surface area contributed by atoms with Crippen LogP contribution in [-0.4, -0.2) is 44.5 Å². The van der Waals surface area contributed by atoms with Crippen molar-refractivity contribution in [3.63, 3.8) is 0 Å². The van der Waals surface area contributed by atoms with Crippen LogP contribution in [0.25, 0.3) is 0 Å². The van der Waals surface area contributed by atoms with E-state index in [0.717, 1.165) is 6.54 Å². The number of nitrogens with one attached hydrogen (secondary N) is 1. The maximum atomic E-state index is 10.5. The molecule has 0 rings (SSSR count). The van der Waals surface area contributed by atoms with Crippen molar-refractivity contribution in [2.24, 2.45) is 5.73 Å². The predicted octanol–water partition coefficient (Wildman–Crippen LogP) is -0.534. The number of hydrogen-bond donors (Lipinski definition) is 2. The van der Waals surface area contributed by atoms with Crippen molar-refractivity contribution >= 4 is 30.7 Å². The molecule has 4 nitrogen and oxygen atoms in total. The van der Waals surface area contributed by atoms with Crippen LogP contribution in [0.15, 0.2) is 0 Å². The van der Waals surface area contributed by atoms with E-state index in [1.807, 2.05) is 19.0 Å². The summed E-state index contributed by atoms with van der Waals surface area (Å²) in [7, 11) is 3.91. The maximum absolute atomic E-state index is 10.5. The number of amides is 1. The molecule has 3 N–H and O–H groups in total. The normalized spacial score (nSPS) is 8.33. The van der Waals surface area contributed by atoms with Crippen LogP contribution >= 0.6 is 24.8 Å². The number of likely N-dealkylation sites (N-methyl/N-ethyl adjacent to an activating group) is 1. The third kappa shape index (κ3) is 12.6. The topological polar surface area (TPSA) is 58.4 Å². The molecule has 6 heteroatoms. The van der Waals surface area contributed by atoms with Crippen LogP contribution in [0.2, 0.25) is 0 Å². The number of hydrogen-bond acceptors (Lipinski definition) is 3. The standard InChI is InChI=1S/C6H15N3O.2ClH/c1-9(2)4-3-8-6(10)5-7;;/h3-5,7H2,1-2H3,(H,8,10);2*1H. The zero-order valence-electron chi connectivity index (χ0n) is 7.37. The van der Waals surface area contributed by atoms with E-state index in [0.29, 0.717) is 6.54 Å². The SMILES string of the molecule is CN(C)CCNC(=O)CN.Cl.Cl. The van der Waals surface area contributed by atoms with Crippen LogP contribution in [0.5, 0.6) is 0 Å². The molecule has 0 aromatic carbocycles. The lowest BCUT2D eigenvalue weighted by atomic mass is 10.5. The van der Waals surface area contributed by atoms with E-state index in [1.54, 1.807) is 0 Å². The molecule has 0 spiro atoms. The fraction of sp³-hybridized carbons (Fsp3) is 0.833. The van der Waals surface area contributed by atoms with Crippen molar-refractivity contribution < 1.29 is 4.79 Å². The Morgan fingerprint density at radius 3 is 2.25 bits per heavy atom. The fourth-order valence-corrected chi connectivity index (χ4v) is 0.491. The van der Waals surface area contributed by atoms with E-state index in [9.17, 15) is 4.79 Å². The lowest BCUT2D eigenvalue weighted by Crippen LogP contribution is -2.35. The molecule has 0 fully saturated rings. The highest BCUT2D eigenvalue weighted by Gasteiger charge is 1.94. The first-order valence-electron chi connectivity index (χ1n) is 3.28. The second-order valence-corrected chi connectivity index (χ2v) is 2.36. The molecule has 0 radical (unpaired) electrons. The van der Waals surface area contributed by atoms with Gasteiger partial charge in [0.05, 0.1) is 6.54 Å². The van der Waals surface area contributed by atoms with E-state index in [2.05, 4.69) is 5.32 Å². The average Bonchev–Trinajstić information content (AvgIpc) is 1.87. The molecule has 0 aromatic heterocycles. The quantitative estimate of drug-likeness (QED) is 0.666. The summed E-state index contributed by atoms with van der Waals surface area (Å²) < 4.78 is 0. The van der Waals surface area contributed by atoms with Gasteiger partial charge in [0, 0.05) is 13.1 Å². The summed E-state index contributed by atoms with van der Waals surface area (Å²) in [5.41, 5.74) is 5.06. The Balaban J connectivity index is -0.000000405. The van der Waals surface area contributed by atoms with Gasteiger partial charge in [-0.05, 0) is 14.1 Å². The summed E-state index contributed by atoms with van der Waals surface area (Å²) in [4.78, 5) is 12.5. The number of nitrogens with zero attached hydrogens (tertiary/aromatic N) is 1. The number of carbonyl (C=O) groups is 1. The van der Waals surface area contributed by atoms with Crippen molar-refractivity contribution in [1.82, 2.24) is 10.2 Å². The molecule has 12 heavy (non-hydrogen) atoms. The Morgan fingerprint density at radius 1 is 1.42 bits per heavy atom. The summed E-state index contributed by atoms with van der Waals surface area (Å²) >= 11 is 0. The summed E-state index contributed by atoms with van der Waals surface area (Å²) in [6, 6.07) is 0. The number of halogens is 2. The second-order valence-electron chi connectivity index (χ2n) is 2.36. The molecule has 0 aromatic rings. The van der Waals surface area contributed by atoms with Crippen LogP contribution in [0.3, 0.4) is 0 Å². The highest BCUT2D eigenvalue weighted by Crippen LogP contribution is 1.69. The van der Waals surface area contributed by atoms with Gasteiger partial charge in [-0.2, -0.15) is 0 Å². The van der Waals surface area contributed by atoms with Crippen molar-refractivity contribution in [3.05, 3.63) is 0 Å². The molecule has 0 aliphatic heterocycles. The molecule has 0 unspecified atom stereocenters. The Kier molecular flexibility index (Phi) is 16.4. The monoisotopic (exact) mass is 217 g/mol. The lowest BCUT2D eigenvalue weighted by molar-refractivity contribution is -0.119. The van der Waals surface area contributed by atoms with Gasteiger partial charge in [-0.25, -0.2) is 0 Å². The van der Waals surface area contributed by atoms with Crippen LogP contribution in [0.4, 0.5) is 0 Å². The Morgan fingerprint density at radius 2 is 1.92 bits per heavy atom. The Bertz CT molecular complexity index is 111. The van der Waals surface area contributed by atoms with Gasteiger partial charge in [0.15, 0.2) is 0 Å². The summed E-state index contributed by atoms with van der Waals surface area (Å²) in [6.45, 7) is 1.60. The molecular weight excluding hydrogens is 201 g/mol. The molecule has 0 bridgehead atoms. The molecule has 0 heterocycles. The van der Waals surface area contributed by atoms with Crippen LogP contribution < -0.4 is 11.1 Å². The molecular formula is C6H17Cl2N3O. The Labute approximate surface area is 85.7 Å². The first-order valence-corrected chi connectivity index (χ1v) is 3.28. The average molecular weight is 218 g/mol. The largest absolute Gasteiger partial charge is 0.354 e. The maximum Gasteiger partial charge on any atom is 0.233 e. The zero-order valence-corrected chi connectivity index (χ0v) is 9.00. The van der Waals surface area contributed by atoms with Crippen molar-refractivity contribution in [2.45, 2.75) is 0 Å². The minimum atomic E-state index is -0.0955. The molecule has 76 valence electrons. The van der Waals surface area contributed by atoms with Gasteiger partial charge in [0.2, 0.25) is 5.91 Å². The first-order chi connectivity index (χ1) is 4.66. The third-order valence-corrected chi connectivity index (χ3v) is 1.07. The lowest BCUT2D eigenvalue weighted by Gasteiger charge is -2.09. The molecule has 0 saturated carbocycles. The van der Waals surface area contributed by atoms with Gasteiger partial charge in [-0.15, -0.1) is 24.8 Å². The van der Waals surface area contributed by atoms with Crippen LogP contribution in [0.1, 0.15) is 0 Å². The van der Waals surface area contributed by atoms with E-state index < -0.39 is 0 Å². The smallest absolute Gasteiger partial charge is 0.233 e. The van der Waals surface area contributed by atoms with Crippen molar-refractivity contribution in [2.75, 3.05) is 33.7 Å². The van der Waals surface area contributed by atoms with Gasteiger partial charge in [-0.3, -0.25) is 4.79 Å². The molecule has 0 aliphatic carbocycles. The summed E-state index contributed by atoms with van der Waals surface area (Å²) in [5.74, 6) is -0.0955. The van der Waals surface area contributed by atoms with E-state index in [4.69, 9.17) is 5.73 Å². The fourth-order valence-electron chi connectivity index (χ4n) is 0.491. The van der Waals surface area contributed by atoms with E-state index >= 15 is 0 Å². The first kappa shape index (κ1) is 17.9. The second kappa shape index (κ2) is 11.0. The summed E-state index contributed by atoms with van der Waals surface area (Å²) in [6.07, 6.45) is 0. The minimum Gasteiger partial charge on any atom is -0.354 e. The number of carbonyl (C=O) groups excluding carboxylic acids is 1. The molecule has 0 saturated heterocycles. The van der Waals surface area contributed by atoms with Gasteiger partial charge in [0.1, 0.15) is 0 Å². The molecule has 0 atom stereocenters. The van der Waals surface area contributed by atoms with E-state index in [1.165, 1.54) is 0 Å². The van der Waals surface area contributed by atoms with Gasteiger partial charge in [-0.1, -0.05) is 0 Å². The van der Waals surface area contributed by atoms with Crippen LogP contribution in [-0.2, 0) is 4.79 Å². The zero-order chi connectivity index (χ0) is 7.98. The summed E-state index contributed by atoms with van der Waals surface area (Å²) in [5, 5.41) is 2.66. The molecule has 0 aliphatic rings. The third-order valence-electron chi connectivity index (χ3n) is 1.07. The van der Waals surface area contributed by atoms with Crippen molar-refractivity contribution in [3.8, 4) is 0 Å². The van der Waals surface area contributed by atoms with Gasteiger partial charge >= 0.3 is 0 Å². The predicted molar refractivity (Wildman–Crippen MR) is 55.1 cm³/mol. The molecule has 1 amide bonds. The minimum absolute atomic E-state index is 0. The number of nitrogens with two attached hydrogens (primary N) is 1. The highest BCUT2D eigenvalue weighted by atomic mass is 35.5. The van der Waals surface area contributed by atoms with Crippen LogP contribution in [0, 0.1) is 0 Å². The highest BCUT2D eigenvalue weighted by molar-refractivity contribution is 5.85. The van der Waals surface area contributed by atoms with Gasteiger partial charge < -0.3 is 16.0 Å².